The summed E-state index contributed by atoms with van der Waals surface area (Å²) >= 11 is 0. The number of carbonyl (C=O) groups is 1. The van der Waals surface area contributed by atoms with Gasteiger partial charge in [-0.1, -0.05) is 0 Å². The highest BCUT2D eigenvalue weighted by molar-refractivity contribution is 5.70. The highest BCUT2D eigenvalue weighted by atomic mass is 16.7. The molecule has 0 aromatic heterocycles. The summed E-state index contributed by atoms with van der Waals surface area (Å²) < 4.78 is 14.8. The van der Waals surface area contributed by atoms with Gasteiger partial charge in [0.05, 0.1) is 12.2 Å². The number of ether oxygens (including phenoxy) is 3. The van der Waals surface area contributed by atoms with Crippen LogP contribution in [-0.4, -0.2) is 31.6 Å². The fraction of sp³-hybridized carbons (Fsp3) is 0.889. The Kier molecular flexibility index (Phi) is 6.54. The van der Waals surface area contributed by atoms with Crippen LogP contribution in [0.2, 0.25) is 0 Å². The van der Waals surface area contributed by atoms with Crippen LogP contribution >= 0.6 is 0 Å². The molecule has 0 aliphatic carbocycles. The first-order valence-corrected chi connectivity index (χ1v) is 4.41. The first-order valence-electron chi connectivity index (χ1n) is 4.41. The van der Waals surface area contributed by atoms with Crippen molar-refractivity contribution in [2.45, 2.75) is 39.9 Å². The highest BCUT2D eigenvalue weighted by Gasteiger charge is 2.04. The van der Waals surface area contributed by atoms with Crippen LogP contribution in [0.15, 0.2) is 0 Å². The van der Waals surface area contributed by atoms with Gasteiger partial charge in [0.15, 0.2) is 6.79 Å². The first kappa shape index (κ1) is 12.4. The lowest BCUT2D eigenvalue weighted by Crippen LogP contribution is -2.18. The molecular formula is C9H18O4. The zero-order valence-electron chi connectivity index (χ0n) is 8.70. The quantitative estimate of drug-likeness (QED) is 0.468. The smallest absolute Gasteiger partial charge is 0.334 e. The molecule has 0 rings (SSSR count). The van der Waals surface area contributed by atoms with E-state index in [0.717, 1.165) is 0 Å². The summed E-state index contributed by atoms with van der Waals surface area (Å²) in [5.41, 5.74) is 0. The van der Waals surface area contributed by atoms with Crippen LogP contribution < -0.4 is 0 Å². The van der Waals surface area contributed by atoms with E-state index in [9.17, 15) is 4.79 Å². The van der Waals surface area contributed by atoms with E-state index in [-0.39, 0.29) is 25.6 Å². The van der Waals surface area contributed by atoms with Crippen molar-refractivity contribution in [1.82, 2.24) is 0 Å². The van der Waals surface area contributed by atoms with Crippen LogP contribution in [0.1, 0.15) is 27.7 Å². The Morgan fingerprint density at radius 1 is 1.08 bits per heavy atom. The maximum absolute atomic E-state index is 10.9. The van der Waals surface area contributed by atoms with Gasteiger partial charge in [0.25, 0.3) is 0 Å². The standard InChI is InChI=1S/C9H18O4/c1-7(2)11-5-9(10)13-6-12-8(3)4/h7-8H,5-6H2,1-4H3. The Hall–Kier alpha value is -0.610. The average molecular weight is 190 g/mol. The molecule has 0 unspecified atom stereocenters. The second-order valence-corrected chi connectivity index (χ2v) is 3.21. The van der Waals surface area contributed by atoms with Crippen molar-refractivity contribution in [3.63, 3.8) is 0 Å². The Labute approximate surface area is 79.2 Å². The van der Waals surface area contributed by atoms with Crippen LogP contribution in [-0.2, 0) is 19.0 Å². The van der Waals surface area contributed by atoms with Gasteiger partial charge in [0.1, 0.15) is 6.61 Å². The van der Waals surface area contributed by atoms with Gasteiger partial charge in [0, 0.05) is 0 Å². The third-order valence-electron chi connectivity index (χ3n) is 1.16. The summed E-state index contributed by atoms with van der Waals surface area (Å²) in [6.07, 6.45) is 0.109. The average Bonchev–Trinajstić information content (AvgIpc) is 2.00. The van der Waals surface area contributed by atoms with Gasteiger partial charge < -0.3 is 14.2 Å². The molecule has 13 heavy (non-hydrogen) atoms. The SMILES string of the molecule is CC(C)OCOC(=O)COC(C)C. The van der Waals surface area contributed by atoms with E-state index in [0.29, 0.717) is 0 Å². The zero-order valence-corrected chi connectivity index (χ0v) is 8.70. The molecule has 0 heterocycles. The topological polar surface area (TPSA) is 44.8 Å². The lowest BCUT2D eigenvalue weighted by Gasteiger charge is -2.09. The fourth-order valence-corrected chi connectivity index (χ4v) is 0.512. The van der Waals surface area contributed by atoms with Crippen molar-refractivity contribution in [3.8, 4) is 0 Å². The molecule has 0 amide bonds. The minimum atomic E-state index is -0.394. The largest absolute Gasteiger partial charge is 0.437 e. The van der Waals surface area contributed by atoms with Gasteiger partial charge in [-0.05, 0) is 27.7 Å². The normalized spacial score (nSPS) is 10.9. The van der Waals surface area contributed by atoms with Gasteiger partial charge in [-0.25, -0.2) is 4.79 Å². The van der Waals surface area contributed by atoms with E-state index in [1.807, 2.05) is 27.7 Å². The van der Waals surface area contributed by atoms with Gasteiger partial charge in [0.2, 0.25) is 0 Å². The summed E-state index contributed by atoms with van der Waals surface area (Å²) in [5.74, 6) is -0.394. The lowest BCUT2D eigenvalue weighted by atomic mass is 10.5. The molecule has 0 bridgehead atoms. The molecule has 0 aliphatic rings. The lowest BCUT2D eigenvalue weighted by molar-refractivity contribution is -0.165. The minimum Gasteiger partial charge on any atom is -0.437 e. The molecule has 0 N–H and O–H groups in total. The van der Waals surface area contributed by atoms with Gasteiger partial charge >= 0.3 is 5.97 Å². The number of hydrogen-bond donors (Lipinski definition) is 0. The number of carbonyl (C=O) groups excluding carboxylic acids is 1. The van der Waals surface area contributed by atoms with Gasteiger partial charge in [-0.15, -0.1) is 0 Å². The van der Waals surface area contributed by atoms with Crippen molar-refractivity contribution in [1.29, 1.82) is 0 Å². The van der Waals surface area contributed by atoms with Crippen molar-refractivity contribution >= 4 is 5.97 Å². The van der Waals surface area contributed by atoms with E-state index in [1.54, 1.807) is 0 Å². The van der Waals surface area contributed by atoms with E-state index < -0.39 is 5.97 Å². The van der Waals surface area contributed by atoms with Crippen molar-refractivity contribution in [2.75, 3.05) is 13.4 Å². The van der Waals surface area contributed by atoms with Crippen molar-refractivity contribution in [3.05, 3.63) is 0 Å². The summed E-state index contributed by atoms with van der Waals surface area (Å²) in [7, 11) is 0. The van der Waals surface area contributed by atoms with E-state index in [1.165, 1.54) is 0 Å². The molecular weight excluding hydrogens is 172 g/mol. The van der Waals surface area contributed by atoms with Crippen molar-refractivity contribution in [2.24, 2.45) is 0 Å². The van der Waals surface area contributed by atoms with Crippen LogP contribution in [0.4, 0.5) is 0 Å². The Balaban J connectivity index is 3.30. The maximum atomic E-state index is 10.9. The monoisotopic (exact) mass is 190 g/mol. The summed E-state index contributed by atoms with van der Waals surface area (Å²) in [6, 6.07) is 0. The Bertz CT molecular complexity index is 143. The van der Waals surface area contributed by atoms with Crippen LogP contribution in [0.25, 0.3) is 0 Å². The van der Waals surface area contributed by atoms with E-state index in [4.69, 9.17) is 14.2 Å². The maximum Gasteiger partial charge on any atom is 0.334 e. The van der Waals surface area contributed by atoms with Crippen LogP contribution in [0, 0.1) is 0 Å². The van der Waals surface area contributed by atoms with E-state index in [2.05, 4.69) is 0 Å². The number of rotatable bonds is 6. The predicted molar refractivity (Wildman–Crippen MR) is 48.3 cm³/mol. The fourth-order valence-electron chi connectivity index (χ4n) is 0.512. The summed E-state index contributed by atoms with van der Waals surface area (Å²) in [6.45, 7) is 7.45. The molecule has 78 valence electrons. The second-order valence-electron chi connectivity index (χ2n) is 3.21. The second kappa shape index (κ2) is 6.86. The Morgan fingerprint density at radius 2 is 1.62 bits per heavy atom. The van der Waals surface area contributed by atoms with Gasteiger partial charge in [-0.3, -0.25) is 0 Å². The molecule has 0 aliphatic heterocycles. The van der Waals surface area contributed by atoms with Gasteiger partial charge in [-0.2, -0.15) is 0 Å². The molecule has 0 fully saturated rings. The molecule has 0 aromatic carbocycles. The first-order chi connectivity index (χ1) is 6.02. The summed E-state index contributed by atoms with van der Waals surface area (Å²) in [4.78, 5) is 10.9. The molecule has 0 atom stereocenters. The highest BCUT2D eigenvalue weighted by Crippen LogP contribution is 1.91. The molecule has 0 spiro atoms. The van der Waals surface area contributed by atoms with Crippen molar-refractivity contribution < 1.29 is 19.0 Å². The number of esters is 1. The van der Waals surface area contributed by atoms with Crippen LogP contribution in [0.5, 0.6) is 0 Å². The van der Waals surface area contributed by atoms with E-state index >= 15 is 0 Å². The Morgan fingerprint density at radius 3 is 2.08 bits per heavy atom. The predicted octanol–water partition coefficient (Wildman–Crippen LogP) is 1.34. The third kappa shape index (κ3) is 9.30. The minimum absolute atomic E-state index is 0.00203. The molecule has 0 radical (unpaired) electrons. The van der Waals surface area contributed by atoms with Crippen LogP contribution in [0.3, 0.4) is 0 Å². The molecule has 4 nitrogen and oxygen atoms in total. The summed E-state index contributed by atoms with van der Waals surface area (Å²) in [5, 5.41) is 0. The molecule has 4 heteroatoms. The number of hydrogen-bond acceptors (Lipinski definition) is 4. The molecule has 0 saturated heterocycles. The zero-order chi connectivity index (χ0) is 10.3. The molecule has 0 aromatic rings. The third-order valence-corrected chi connectivity index (χ3v) is 1.16. The molecule has 0 saturated carbocycles.